The molecule has 0 unspecified atom stereocenters. The van der Waals surface area contributed by atoms with Crippen LogP contribution in [0.4, 0.5) is 0 Å². The van der Waals surface area contributed by atoms with E-state index in [2.05, 4.69) is 45.8 Å². The van der Waals surface area contributed by atoms with Gasteiger partial charge in [0.25, 0.3) is 0 Å². The van der Waals surface area contributed by atoms with Crippen molar-refractivity contribution in [2.45, 2.75) is 6.92 Å². The first-order valence-corrected chi connectivity index (χ1v) is 6.86. The predicted molar refractivity (Wildman–Crippen MR) is 82.9 cm³/mol. The Morgan fingerprint density at radius 3 is 2.62 bits per heavy atom. The molecule has 4 nitrogen and oxygen atoms in total. The fourth-order valence-corrected chi connectivity index (χ4v) is 2.56. The van der Waals surface area contributed by atoms with E-state index >= 15 is 0 Å². The maximum Gasteiger partial charge on any atom is 0.137 e. The lowest BCUT2D eigenvalue weighted by atomic mass is 10.1. The summed E-state index contributed by atoms with van der Waals surface area (Å²) in [6, 6.07) is 14.5. The third-order valence-corrected chi connectivity index (χ3v) is 3.63. The van der Waals surface area contributed by atoms with Crippen LogP contribution in [-0.2, 0) is 0 Å². The first kappa shape index (κ1) is 11.9. The van der Waals surface area contributed by atoms with Crippen molar-refractivity contribution in [3.8, 4) is 22.5 Å². The number of pyridine rings is 1. The molecule has 0 saturated carbocycles. The zero-order valence-corrected chi connectivity index (χ0v) is 11.6. The number of imidazole rings is 1. The molecule has 0 amide bonds. The monoisotopic (exact) mass is 274 g/mol. The first-order chi connectivity index (χ1) is 10.3. The van der Waals surface area contributed by atoms with Gasteiger partial charge in [0.2, 0.25) is 0 Å². The average molecular weight is 274 g/mol. The molecule has 0 spiro atoms. The topological polar surface area (TPSA) is 46.0 Å². The van der Waals surface area contributed by atoms with Crippen LogP contribution in [0, 0.1) is 6.92 Å². The van der Waals surface area contributed by atoms with E-state index in [4.69, 9.17) is 4.98 Å². The lowest BCUT2D eigenvalue weighted by molar-refractivity contribution is 1.09. The highest BCUT2D eigenvalue weighted by atomic mass is 15.1. The Balaban J connectivity index is 2.04. The largest absolute Gasteiger partial charge is 0.299 e. The molecule has 3 aromatic heterocycles. The van der Waals surface area contributed by atoms with Crippen molar-refractivity contribution in [2.75, 3.05) is 0 Å². The Morgan fingerprint density at radius 1 is 1.00 bits per heavy atom. The second-order valence-electron chi connectivity index (χ2n) is 5.09. The number of nitrogens with zero attached hydrogens (tertiary/aromatic N) is 3. The number of nitrogens with one attached hydrogen (secondary N) is 1. The molecule has 4 aromatic rings. The fourth-order valence-electron chi connectivity index (χ4n) is 2.56. The number of aromatic nitrogens is 4. The molecule has 0 atom stereocenters. The molecule has 0 aliphatic carbocycles. The van der Waals surface area contributed by atoms with Crippen molar-refractivity contribution in [3.63, 3.8) is 0 Å². The lowest BCUT2D eigenvalue weighted by Crippen LogP contribution is -1.87. The maximum absolute atomic E-state index is 4.79. The Bertz CT molecular complexity index is 886. The van der Waals surface area contributed by atoms with Crippen molar-refractivity contribution >= 4 is 5.65 Å². The summed E-state index contributed by atoms with van der Waals surface area (Å²) in [7, 11) is 0. The molecule has 1 N–H and O–H groups in total. The van der Waals surface area contributed by atoms with E-state index < -0.39 is 0 Å². The Kier molecular flexibility index (Phi) is 2.60. The van der Waals surface area contributed by atoms with Gasteiger partial charge in [-0.2, -0.15) is 5.10 Å². The third-order valence-electron chi connectivity index (χ3n) is 3.63. The van der Waals surface area contributed by atoms with E-state index in [1.807, 2.05) is 36.8 Å². The van der Waals surface area contributed by atoms with Crippen LogP contribution in [0.1, 0.15) is 5.56 Å². The molecule has 3 heterocycles. The molecule has 0 aliphatic heterocycles. The van der Waals surface area contributed by atoms with E-state index in [1.165, 1.54) is 5.56 Å². The number of H-pyrrole nitrogens is 1. The van der Waals surface area contributed by atoms with Gasteiger partial charge in [-0.1, -0.05) is 35.9 Å². The summed E-state index contributed by atoms with van der Waals surface area (Å²) in [4.78, 5) is 4.79. The summed E-state index contributed by atoms with van der Waals surface area (Å²) < 4.78 is 2.10. The molecule has 0 bridgehead atoms. The Labute approximate surface area is 122 Å². The Morgan fingerprint density at radius 2 is 1.86 bits per heavy atom. The van der Waals surface area contributed by atoms with Gasteiger partial charge < -0.3 is 0 Å². The number of rotatable bonds is 2. The van der Waals surface area contributed by atoms with Gasteiger partial charge in [-0.15, -0.1) is 0 Å². The second-order valence-corrected chi connectivity index (χ2v) is 5.09. The Hall–Kier alpha value is -2.88. The zero-order chi connectivity index (χ0) is 14.2. The van der Waals surface area contributed by atoms with E-state index in [0.29, 0.717) is 0 Å². The van der Waals surface area contributed by atoms with E-state index in [1.54, 1.807) is 0 Å². The summed E-state index contributed by atoms with van der Waals surface area (Å²) in [5.41, 5.74) is 6.35. The van der Waals surface area contributed by atoms with Crippen LogP contribution in [0.2, 0.25) is 0 Å². The minimum Gasteiger partial charge on any atom is -0.299 e. The fraction of sp³-hybridized carbons (Fsp3) is 0.0588. The molecule has 1 aromatic carbocycles. The van der Waals surface area contributed by atoms with E-state index in [-0.39, 0.29) is 0 Å². The van der Waals surface area contributed by atoms with Crippen molar-refractivity contribution in [3.05, 3.63) is 66.6 Å². The zero-order valence-electron chi connectivity index (χ0n) is 11.6. The molecule has 0 fully saturated rings. The van der Waals surface area contributed by atoms with Crippen LogP contribution in [0.15, 0.2) is 61.1 Å². The normalized spacial score (nSPS) is 11.1. The molecule has 0 saturated heterocycles. The quantitative estimate of drug-likeness (QED) is 0.606. The average Bonchev–Trinajstić information content (AvgIpc) is 3.14. The van der Waals surface area contributed by atoms with Crippen molar-refractivity contribution < 1.29 is 0 Å². The summed E-state index contributed by atoms with van der Waals surface area (Å²) in [5, 5.41) is 6.95. The third kappa shape index (κ3) is 1.92. The van der Waals surface area contributed by atoms with Crippen LogP contribution in [-0.4, -0.2) is 19.6 Å². The molecule has 0 radical (unpaired) electrons. The molecule has 0 aliphatic rings. The van der Waals surface area contributed by atoms with Gasteiger partial charge in [0.05, 0.1) is 17.6 Å². The van der Waals surface area contributed by atoms with Crippen LogP contribution >= 0.6 is 0 Å². The maximum atomic E-state index is 4.79. The van der Waals surface area contributed by atoms with E-state index in [0.717, 1.165) is 28.2 Å². The van der Waals surface area contributed by atoms with Crippen LogP contribution in [0.25, 0.3) is 28.2 Å². The minimum absolute atomic E-state index is 0.935. The number of aromatic amines is 1. The van der Waals surface area contributed by atoms with Crippen molar-refractivity contribution in [2.24, 2.45) is 0 Å². The SMILES string of the molecule is Cc1ccc(-c2nc3ccccn3c2-c2cn[nH]c2)cc1. The van der Waals surface area contributed by atoms with Gasteiger partial charge in [-0.3, -0.25) is 9.50 Å². The smallest absolute Gasteiger partial charge is 0.137 e. The van der Waals surface area contributed by atoms with Crippen molar-refractivity contribution in [1.82, 2.24) is 19.6 Å². The number of fused-ring (bicyclic) bond motifs is 1. The predicted octanol–water partition coefficient (Wildman–Crippen LogP) is 3.70. The molecular weight excluding hydrogens is 260 g/mol. The minimum atomic E-state index is 0.935. The number of hydrogen-bond donors (Lipinski definition) is 1. The molecule has 4 rings (SSSR count). The van der Waals surface area contributed by atoms with Gasteiger partial charge in [0, 0.05) is 23.5 Å². The highest BCUT2D eigenvalue weighted by molar-refractivity contribution is 5.81. The number of benzene rings is 1. The number of aryl methyl sites for hydroxylation is 1. The van der Waals surface area contributed by atoms with Gasteiger partial charge in [-0.05, 0) is 19.1 Å². The highest BCUT2D eigenvalue weighted by Crippen LogP contribution is 2.32. The first-order valence-electron chi connectivity index (χ1n) is 6.86. The van der Waals surface area contributed by atoms with Crippen LogP contribution < -0.4 is 0 Å². The van der Waals surface area contributed by atoms with Crippen LogP contribution in [0.3, 0.4) is 0 Å². The molecule has 102 valence electrons. The van der Waals surface area contributed by atoms with Gasteiger partial charge in [-0.25, -0.2) is 4.98 Å². The van der Waals surface area contributed by atoms with Gasteiger partial charge >= 0.3 is 0 Å². The summed E-state index contributed by atoms with van der Waals surface area (Å²) >= 11 is 0. The van der Waals surface area contributed by atoms with Crippen LogP contribution in [0.5, 0.6) is 0 Å². The van der Waals surface area contributed by atoms with Gasteiger partial charge in [0.1, 0.15) is 5.65 Å². The lowest BCUT2D eigenvalue weighted by Gasteiger charge is -2.03. The van der Waals surface area contributed by atoms with Gasteiger partial charge in [0.15, 0.2) is 0 Å². The molecule has 4 heteroatoms. The molecular formula is C17H14N4. The summed E-state index contributed by atoms with van der Waals surface area (Å²) in [5.74, 6) is 0. The molecule has 21 heavy (non-hydrogen) atoms. The second kappa shape index (κ2) is 4.59. The standard InChI is InChI=1S/C17H14N4/c1-12-5-7-13(8-6-12)16-17(14-10-18-19-11-14)21-9-3-2-4-15(21)20-16/h2-11H,1H3,(H,18,19). The van der Waals surface area contributed by atoms with E-state index in [9.17, 15) is 0 Å². The summed E-state index contributed by atoms with van der Waals surface area (Å²) in [6.07, 6.45) is 5.75. The summed E-state index contributed by atoms with van der Waals surface area (Å²) in [6.45, 7) is 2.09. The highest BCUT2D eigenvalue weighted by Gasteiger charge is 2.16. The number of hydrogen-bond acceptors (Lipinski definition) is 2. The van der Waals surface area contributed by atoms with Crippen molar-refractivity contribution in [1.29, 1.82) is 0 Å².